The average molecular weight is 604 g/mol. The lowest BCUT2D eigenvalue weighted by Crippen LogP contribution is -2.15. The second-order valence-electron chi connectivity index (χ2n) is 13.0. The van der Waals surface area contributed by atoms with E-state index in [2.05, 4.69) is 140 Å². The molecule has 0 N–H and O–H groups in total. The smallest absolute Gasteiger partial charge is 0.235 e. The number of para-hydroxylation sites is 3. The van der Waals surface area contributed by atoms with Crippen LogP contribution in [0, 0.1) is 0 Å². The van der Waals surface area contributed by atoms with Gasteiger partial charge in [0.15, 0.2) is 0 Å². The van der Waals surface area contributed by atoms with Crippen LogP contribution in [0.15, 0.2) is 144 Å². The van der Waals surface area contributed by atoms with Crippen molar-refractivity contribution in [2.45, 2.75) is 19.3 Å². The average Bonchev–Trinajstić information content (AvgIpc) is 3.73. The molecule has 0 bridgehead atoms. The number of furan rings is 1. The van der Waals surface area contributed by atoms with E-state index in [4.69, 9.17) is 14.4 Å². The molecule has 1 aliphatic rings. The van der Waals surface area contributed by atoms with E-state index in [0.29, 0.717) is 5.95 Å². The van der Waals surface area contributed by atoms with E-state index in [0.717, 1.165) is 55.5 Å². The van der Waals surface area contributed by atoms with Crippen molar-refractivity contribution in [2.75, 3.05) is 0 Å². The number of aromatic nitrogens is 3. The molecule has 10 rings (SSSR count). The Bertz CT molecular complexity index is 2710. The highest BCUT2D eigenvalue weighted by atomic mass is 16.3. The molecule has 0 aliphatic heterocycles. The molecule has 1 aliphatic carbocycles. The van der Waals surface area contributed by atoms with Crippen molar-refractivity contribution in [3.8, 4) is 39.6 Å². The van der Waals surface area contributed by atoms with E-state index in [1.54, 1.807) is 0 Å². The zero-order chi connectivity index (χ0) is 31.3. The lowest BCUT2D eigenvalue weighted by molar-refractivity contribution is 0.661. The van der Waals surface area contributed by atoms with Gasteiger partial charge in [0.1, 0.15) is 11.2 Å². The molecule has 47 heavy (non-hydrogen) atoms. The molecule has 0 unspecified atom stereocenters. The van der Waals surface area contributed by atoms with Gasteiger partial charge in [-0.25, -0.2) is 9.97 Å². The fourth-order valence-electron chi connectivity index (χ4n) is 7.76. The summed E-state index contributed by atoms with van der Waals surface area (Å²) in [5.41, 5.74) is 12.7. The molecule has 9 aromatic rings. The van der Waals surface area contributed by atoms with E-state index >= 15 is 0 Å². The Kier molecular flexibility index (Phi) is 5.31. The van der Waals surface area contributed by atoms with Crippen molar-refractivity contribution in [3.63, 3.8) is 0 Å². The van der Waals surface area contributed by atoms with Gasteiger partial charge in [-0.3, -0.25) is 4.57 Å². The van der Waals surface area contributed by atoms with Gasteiger partial charge in [0, 0.05) is 38.1 Å². The minimum atomic E-state index is -0.129. The summed E-state index contributed by atoms with van der Waals surface area (Å²) in [6.07, 6.45) is 0. The van der Waals surface area contributed by atoms with Gasteiger partial charge in [0.05, 0.1) is 22.4 Å². The molecule has 3 aromatic heterocycles. The quantitative estimate of drug-likeness (QED) is 0.202. The first-order chi connectivity index (χ1) is 23.1. The zero-order valence-electron chi connectivity index (χ0n) is 26.0. The fraction of sp³-hybridized carbons (Fsp3) is 0.0698. The van der Waals surface area contributed by atoms with Gasteiger partial charge >= 0.3 is 0 Å². The third-order valence-electron chi connectivity index (χ3n) is 10.0. The SMILES string of the molecule is CC1(C)c2ccccc2-c2cc3c4ccccc4n(-c4nc(-c5ccccc5)cc(-c5cccc6c5oc5ccccc56)n4)c3cc21. The van der Waals surface area contributed by atoms with Gasteiger partial charge in [0.25, 0.3) is 0 Å². The van der Waals surface area contributed by atoms with Gasteiger partial charge in [-0.05, 0) is 58.7 Å². The van der Waals surface area contributed by atoms with Crippen molar-refractivity contribution in [3.05, 3.63) is 151 Å². The zero-order valence-corrected chi connectivity index (χ0v) is 26.0. The molecule has 0 saturated carbocycles. The van der Waals surface area contributed by atoms with E-state index in [1.165, 1.54) is 33.0 Å². The summed E-state index contributed by atoms with van der Waals surface area (Å²) in [6.45, 7) is 4.66. The topological polar surface area (TPSA) is 43.9 Å². The van der Waals surface area contributed by atoms with Crippen molar-refractivity contribution >= 4 is 43.7 Å². The molecule has 3 heterocycles. The lowest BCUT2D eigenvalue weighted by atomic mass is 9.82. The second-order valence-corrected chi connectivity index (χ2v) is 13.0. The van der Waals surface area contributed by atoms with E-state index in [1.807, 2.05) is 18.2 Å². The molecule has 0 radical (unpaired) electrons. The maximum atomic E-state index is 6.49. The van der Waals surface area contributed by atoms with Crippen molar-refractivity contribution in [1.82, 2.24) is 14.5 Å². The Morgan fingerprint density at radius 2 is 1.21 bits per heavy atom. The third-order valence-corrected chi connectivity index (χ3v) is 10.0. The molecule has 4 heteroatoms. The molecule has 6 aromatic carbocycles. The molecule has 0 saturated heterocycles. The van der Waals surface area contributed by atoms with Crippen LogP contribution >= 0.6 is 0 Å². The molecular weight excluding hydrogens is 574 g/mol. The van der Waals surface area contributed by atoms with Gasteiger partial charge < -0.3 is 4.42 Å². The van der Waals surface area contributed by atoms with Crippen LogP contribution in [0.4, 0.5) is 0 Å². The molecular formula is C43H29N3O. The molecule has 4 nitrogen and oxygen atoms in total. The minimum absolute atomic E-state index is 0.129. The van der Waals surface area contributed by atoms with Crippen LogP contribution in [0.3, 0.4) is 0 Å². The summed E-state index contributed by atoms with van der Waals surface area (Å²) in [6, 6.07) is 49.2. The monoisotopic (exact) mass is 603 g/mol. The number of hydrogen-bond donors (Lipinski definition) is 0. The van der Waals surface area contributed by atoms with Gasteiger partial charge in [-0.2, -0.15) is 0 Å². The van der Waals surface area contributed by atoms with Crippen LogP contribution in [-0.2, 0) is 5.41 Å². The number of rotatable bonds is 3. The van der Waals surface area contributed by atoms with Crippen LogP contribution in [0.25, 0.3) is 83.3 Å². The lowest BCUT2D eigenvalue weighted by Gasteiger charge is -2.21. The van der Waals surface area contributed by atoms with E-state index < -0.39 is 0 Å². The first-order valence-electron chi connectivity index (χ1n) is 16.1. The molecule has 0 spiro atoms. The summed E-state index contributed by atoms with van der Waals surface area (Å²) in [4.78, 5) is 10.6. The van der Waals surface area contributed by atoms with Gasteiger partial charge in [-0.1, -0.05) is 117 Å². The number of nitrogens with zero attached hydrogens (tertiary/aromatic N) is 3. The summed E-state index contributed by atoms with van der Waals surface area (Å²) in [5.74, 6) is 0.633. The summed E-state index contributed by atoms with van der Waals surface area (Å²) < 4.78 is 8.74. The summed E-state index contributed by atoms with van der Waals surface area (Å²) in [7, 11) is 0. The normalized spacial score (nSPS) is 13.5. The van der Waals surface area contributed by atoms with E-state index in [-0.39, 0.29) is 5.41 Å². The van der Waals surface area contributed by atoms with Crippen molar-refractivity contribution < 1.29 is 4.42 Å². The number of benzene rings is 6. The van der Waals surface area contributed by atoms with Crippen LogP contribution in [0.2, 0.25) is 0 Å². The maximum Gasteiger partial charge on any atom is 0.235 e. The number of hydrogen-bond acceptors (Lipinski definition) is 3. The minimum Gasteiger partial charge on any atom is -0.455 e. The number of fused-ring (bicyclic) bond motifs is 9. The standard InChI is InChI=1S/C43H29N3O/c1-43(2)34-20-9-6-15-27(34)32-23-33-28-16-7-10-21-38(28)46(39(33)24-35(32)43)42-44-36(26-13-4-3-5-14-26)25-37(45-42)31-19-12-18-30-29-17-8-11-22-40(29)47-41(30)31/h3-25H,1-2H3. The second kappa shape index (κ2) is 9.51. The maximum absolute atomic E-state index is 6.49. The third kappa shape index (κ3) is 3.70. The predicted molar refractivity (Wildman–Crippen MR) is 192 cm³/mol. The molecule has 0 amide bonds. The van der Waals surface area contributed by atoms with Crippen molar-refractivity contribution in [2.24, 2.45) is 0 Å². The summed E-state index contributed by atoms with van der Waals surface area (Å²) in [5, 5.41) is 4.55. The molecule has 222 valence electrons. The highest BCUT2D eigenvalue weighted by molar-refractivity contribution is 6.12. The Hall–Kier alpha value is -6.00. The van der Waals surface area contributed by atoms with E-state index in [9.17, 15) is 0 Å². The van der Waals surface area contributed by atoms with Crippen LogP contribution in [0.1, 0.15) is 25.0 Å². The van der Waals surface area contributed by atoms with Crippen LogP contribution in [-0.4, -0.2) is 14.5 Å². The molecule has 0 atom stereocenters. The Balaban J connectivity index is 1.29. The van der Waals surface area contributed by atoms with Crippen molar-refractivity contribution in [1.29, 1.82) is 0 Å². The Morgan fingerprint density at radius 1 is 0.511 bits per heavy atom. The Labute approximate surface area is 271 Å². The summed E-state index contributed by atoms with van der Waals surface area (Å²) >= 11 is 0. The first kappa shape index (κ1) is 26.2. The van der Waals surface area contributed by atoms with Gasteiger partial charge in [0.2, 0.25) is 5.95 Å². The predicted octanol–water partition coefficient (Wildman–Crippen LogP) is 11.1. The Morgan fingerprint density at radius 3 is 2.11 bits per heavy atom. The fourth-order valence-corrected chi connectivity index (χ4v) is 7.76. The van der Waals surface area contributed by atoms with Gasteiger partial charge in [-0.15, -0.1) is 0 Å². The van der Waals surface area contributed by atoms with Crippen LogP contribution < -0.4 is 0 Å². The highest BCUT2D eigenvalue weighted by Crippen LogP contribution is 2.51. The highest BCUT2D eigenvalue weighted by Gasteiger charge is 2.36. The largest absolute Gasteiger partial charge is 0.455 e. The van der Waals surface area contributed by atoms with Crippen LogP contribution in [0.5, 0.6) is 0 Å². The first-order valence-corrected chi connectivity index (χ1v) is 16.1. The molecule has 0 fully saturated rings.